The van der Waals surface area contributed by atoms with Crippen LogP contribution in [0, 0.1) is 11.7 Å². The molecule has 3 nitrogen and oxygen atoms in total. The molecule has 0 spiro atoms. The summed E-state index contributed by atoms with van der Waals surface area (Å²) in [4.78, 5) is 18.6. The lowest BCUT2D eigenvalue weighted by Crippen LogP contribution is -2.40. The number of benzene rings is 1. The largest absolute Gasteiger partial charge is 0.306 e. The van der Waals surface area contributed by atoms with Gasteiger partial charge in [0.15, 0.2) is 0 Å². The monoisotopic (exact) mass is 348 g/mol. The number of nitrogens with zero attached hydrogens (tertiary/aromatic N) is 2. The number of hydrogen-bond donors (Lipinski definition) is 0. The fraction of sp³-hybridized carbons (Fsp3) is 0.368. The predicted molar refractivity (Wildman–Crippen MR) is 88.7 cm³/mol. The summed E-state index contributed by atoms with van der Waals surface area (Å²) in [6.45, 7) is 0.160. The Hall–Kier alpha value is -2.37. The Bertz CT molecular complexity index is 719. The molecule has 0 unspecified atom stereocenters. The number of halogens is 3. The van der Waals surface area contributed by atoms with Gasteiger partial charge in [0.2, 0.25) is 11.8 Å². The predicted octanol–water partition coefficient (Wildman–Crippen LogP) is 4.58. The molecule has 1 aromatic carbocycles. The molecule has 6 heteroatoms. The zero-order valence-electron chi connectivity index (χ0n) is 13.7. The normalized spacial score (nSPS) is 19.4. The Balaban J connectivity index is 1.87. The van der Waals surface area contributed by atoms with Crippen molar-refractivity contribution in [2.45, 2.75) is 38.2 Å². The van der Waals surface area contributed by atoms with Crippen LogP contribution in [0.3, 0.4) is 0 Å². The van der Waals surface area contributed by atoms with Crippen molar-refractivity contribution in [2.75, 3.05) is 4.90 Å². The lowest BCUT2D eigenvalue weighted by atomic mass is 9.85. The van der Waals surface area contributed by atoms with Gasteiger partial charge in [0.1, 0.15) is 5.82 Å². The standard InChI is InChI=1S/C19H19F3N2O/c20-15-6-8-17(9-7-15)24(13-16-5-1-2-11-23-16)18(25)14-4-3-10-19(21,22)12-14/h1-2,5-9,11,14H,3-4,10,12-13H2/t14-/m1/s1. The molecule has 0 aliphatic heterocycles. The van der Waals surface area contributed by atoms with Crippen LogP contribution in [0.1, 0.15) is 31.4 Å². The van der Waals surface area contributed by atoms with E-state index < -0.39 is 24.1 Å². The third-order valence-corrected chi connectivity index (χ3v) is 4.44. The van der Waals surface area contributed by atoms with Gasteiger partial charge in [-0.25, -0.2) is 13.2 Å². The number of alkyl halides is 2. The number of carbonyl (C=O) groups is 1. The van der Waals surface area contributed by atoms with Crippen LogP contribution in [0.5, 0.6) is 0 Å². The van der Waals surface area contributed by atoms with E-state index in [9.17, 15) is 18.0 Å². The van der Waals surface area contributed by atoms with Crippen molar-refractivity contribution < 1.29 is 18.0 Å². The molecule has 1 aliphatic carbocycles. The number of rotatable bonds is 4. The Labute approximate surface area is 144 Å². The summed E-state index contributed by atoms with van der Waals surface area (Å²) in [7, 11) is 0. The molecule has 3 rings (SSSR count). The highest BCUT2D eigenvalue weighted by Crippen LogP contribution is 2.38. The van der Waals surface area contributed by atoms with Crippen LogP contribution < -0.4 is 4.90 Å². The molecule has 0 saturated heterocycles. The zero-order valence-corrected chi connectivity index (χ0v) is 13.7. The van der Waals surface area contributed by atoms with Crippen molar-refractivity contribution in [1.82, 2.24) is 4.98 Å². The smallest absolute Gasteiger partial charge is 0.248 e. The van der Waals surface area contributed by atoms with E-state index in [-0.39, 0.29) is 18.9 Å². The van der Waals surface area contributed by atoms with Gasteiger partial charge in [-0.05, 0) is 49.2 Å². The van der Waals surface area contributed by atoms with Crippen LogP contribution in [0.4, 0.5) is 18.9 Å². The highest BCUT2D eigenvalue weighted by molar-refractivity contribution is 5.95. The van der Waals surface area contributed by atoms with Gasteiger partial charge in [0.25, 0.3) is 0 Å². The molecule has 1 aliphatic rings. The fourth-order valence-electron chi connectivity index (χ4n) is 3.17. The first kappa shape index (κ1) is 17.5. The van der Waals surface area contributed by atoms with Crippen molar-refractivity contribution in [3.05, 3.63) is 60.2 Å². The van der Waals surface area contributed by atoms with Gasteiger partial charge >= 0.3 is 0 Å². The second-order valence-corrected chi connectivity index (χ2v) is 6.37. The van der Waals surface area contributed by atoms with Gasteiger partial charge in [-0.2, -0.15) is 0 Å². The Morgan fingerprint density at radius 3 is 2.60 bits per heavy atom. The average molecular weight is 348 g/mol. The average Bonchev–Trinajstić information content (AvgIpc) is 2.60. The number of pyridine rings is 1. The lowest BCUT2D eigenvalue weighted by Gasteiger charge is -2.32. The minimum absolute atomic E-state index is 0.160. The molecule has 0 N–H and O–H groups in total. The van der Waals surface area contributed by atoms with E-state index in [1.54, 1.807) is 24.4 Å². The van der Waals surface area contributed by atoms with E-state index in [4.69, 9.17) is 0 Å². The third-order valence-electron chi connectivity index (χ3n) is 4.44. The topological polar surface area (TPSA) is 33.2 Å². The zero-order chi connectivity index (χ0) is 17.9. The summed E-state index contributed by atoms with van der Waals surface area (Å²) in [5.74, 6) is -4.33. The summed E-state index contributed by atoms with van der Waals surface area (Å²) in [5, 5.41) is 0. The van der Waals surface area contributed by atoms with Gasteiger partial charge in [-0.1, -0.05) is 6.07 Å². The van der Waals surface area contributed by atoms with Gasteiger partial charge in [-0.15, -0.1) is 0 Å². The molecule has 1 saturated carbocycles. The fourth-order valence-corrected chi connectivity index (χ4v) is 3.17. The molecule has 1 heterocycles. The van der Waals surface area contributed by atoms with Crippen LogP contribution in [-0.2, 0) is 11.3 Å². The van der Waals surface area contributed by atoms with Gasteiger partial charge in [0, 0.05) is 30.6 Å². The van der Waals surface area contributed by atoms with Crippen molar-refractivity contribution in [3.8, 4) is 0 Å². The van der Waals surface area contributed by atoms with Crippen molar-refractivity contribution in [2.24, 2.45) is 5.92 Å². The molecule has 0 radical (unpaired) electrons. The quantitative estimate of drug-likeness (QED) is 0.810. The lowest BCUT2D eigenvalue weighted by molar-refractivity contribution is -0.129. The molecule has 1 aromatic heterocycles. The van der Waals surface area contributed by atoms with Gasteiger partial charge < -0.3 is 4.90 Å². The van der Waals surface area contributed by atoms with E-state index in [1.165, 1.54) is 29.2 Å². The Morgan fingerprint density at radius 1 is 1.20 bits per heavy atom. The van der Waals surface area contributed by atoms with E-state index in [2.05, 4.69) is 4.98 Å². The Kier molecular flexibility index (Phi) is 5.06. The summed E-state index contributed by atoms with van der Waals surface area (Å²) >= 11 is 0. The molecule has 132 valence electrons. The Morgan fingerprint density at radius 2 is 1.96 bits per heavy atom. The van der Waals surface area contributed by atoms with Gasteiger partial charge in [-0.3, -0.25) is 9.78 Å². The number of carbonyl (C=O) groups excluding carboxylic acids is 1. The van der Waals surface area contributed by atoms with Crippen LogP contribution >= 0.6 is 0 Å². The molecule has 1 atom stereocenters. The summed E-state index contributed by atoms with van der Waals surface area (Å²) in [6.07, 6.45) is 1.76. The van der Waals surface area contributed by atoms with Crippen molar-refractivity contribution in [1.29, 1.82) is 0 Å². The highest BCUT2D eigenvalue weighted by atomic mass is 19.3. The second kappa shape index (κ2) is 7.25. The molecule has 1 amide bonds. The van der Waals surface area contributed by atoms with E-state index in [0.717, 1.165) is 0 Å². The minimum Gasteiger partial charge on any atom is -0.306 e. The van der Waals surface area contributed by atoms with E-state index in [1.807, 2.05) is 0 Å². The third kappa shape index (κ3) is 4.38. The number of hydrogen-bond acceptors (Lipinski definition) is 2. The first-order chi connectivity index (χ1) is 11.9. The molecular weight excluding hydrogens is 329 g/mol. The van der Waals surface area contributed by atoms with Crippen molar-refractivity contribution in [3.63, 3.8) is 0 Å². The highest BCUT2D eigenvalue weighted by Gasteiger charge is 2.40. The second-order valence-electron chi connectivity index (χ2n) is 6.37. The summed E-state index contributed by atoms with van der Waals surface area (Å²) in [6, 6.07) is 10.8. The number of aromatic nitrogens is 1. The van der Waals surface area contributed by atoms with Crippen LogP contribution in [0.25, 0.3) is 0 Å². The SMILES string of the molecule is O=C([C@@H]1CCCC(F)(F)C1)N(Cc1ccccn1)c1ccc(F)cc1. The summed E-state index contributed by atoms with van der Waals surface area (Å²) in [5.41, 5.74) is 1.12. The number of amides is 1. The first-order valence-electron chi connectivity index (χ1n) is 8.29. The maximum atomic E-state index is 13.7. The maximum Gasteiger partial charge on any atom is 0.248 e. The van der Waals surface area contributed by atoms with Gasteiger partial charge in [0.05, 0.1) is 12.2 Å². The van der Waals surface area contributed by atoms with Crippen LogP contribution in [0.15, 0.2) is 48.7 Å². The number of anilines is 1. The van der Waals surface area contributed by atoms with Crippen LogP contribution in [0.2, 0.25) is 0 Å². The molecule has 25 heavy (non-hydrogen) atoms. The van der Waals surface area contributed by atoms with Crippen LogP contribution in [-0.4, -0.2) is 16.8 Å². The van der Waals surface area contributed by atoms with Crippen molar-refractivity contribution >= 4 is 11.6 Å². The maximum absolute atomic E-state index is 13.7. The minimum atomic E-state index is -2.81. The first-order valence-corrected chi connectivity index (χ1v) is 8.29. The molecule has 2 aromatic rings. The van der Waals surface area contributed by atoms with E-state index in [0.29, 0.717) is 24.2 Å². The molecular formula is C19H19F3N2O. The molecule has 0 bridgehead atoms. The van der Waals surface area contributed by atoms with E-state index >= 15 is 0 Å². The molecule has 1 fully saturated rings. The summed E-state index contributed by atoms with van der Waals surface area (Å²) < 4.78 is 40.7.